The van der Waals surface area contributed by atoms with E-state index < -0.39 is 11.9 Å². The standard InChI is InChI=1S/C40H42O6/c1-21(2)39(41)45-37-27(9)17-33(18-28(37)10)43-35-23(5)13-31(14-24(35)6)32-15-25(7)36(26(8)16-32)44-34-19-29(11)38(30(12)20-34)46-40(42)22(3)4/h13-20H,1,3H2,2,4-12H3. The second-order valence-electron chi connectivity index (χ2n) is 12.2. The lowest BCUT2D eigenvalue weighted by molar-refractivity contribution is -0.131. The van der Waals surface area contributed by atoms with Crippen molar-refractivity contribution in [3.8, 4) is 45.6 Å². The van der Waals surface area contributed by atoms with Crippen LogP contribution in [-0.4, -0.2) is 11.9 Å². The first-order valence-corrected chi connectivity index (χ1v) is 15.1. The molecule has 0 N–H and O–H groups in total. The van der Waals surface area contributed by atoms with Crippen molar-refractivity contribution in [2.24, 2.45) is 0 Å². The number of hydrogen-bond donors (Lipinski definition) is 0. The Morgan fingerprint density at radius 2 is 0.674 bits per heavy atom. The summed E-state index contributed by atoms with van der Waals surface area (Å²) < 4.78 is 23.8. The van der Waals surface area contributed by atoms with Gasteiger partial charge in [0.25, 0.3) is 0 Å². The molecule has 0 saturated heterocycles. The summed E-state index contributed by atoms with van der Waals surface area (Å²) >= 11 is 0. The van der Waals surface area contributed by atoms with Crippen molar-refractivity contribution in [3.63, 3.8) is 0 Å². The van der Waals surface area contributed by atoms with Crippen LogP contribution in [0.4, 0.5) is 0 Å². The number of esters is 2. The molecule has 4 aromatic rings. The molecule has 46 heavy (non-hydrogen) atoms. The highest BCUT2D eigenvalue weighted by atomic mass is 16.5. The molecule has 0 amide bonds. The van der Waals surface area contributed by atoms with Crippen LogP contribution in [0, 0.1) is 55.4 Å². The summed E-state index contributed by atoms with van der Waals surface area (Å²) in [5, 5.41) is 0. The smallest absolute Gasteiger partial charge is 0.338 e. The molecule has 4 aromatic carbocycles. The summed E-state index contributed by atoms with van der Waals surface area (Å²) in [7, 11) is 0. The van der Waals surface area contributed by atoms with Crippen LogP contribution in [0.5, 0.6) is 34.5 Å². The third-order valence-electron chi connectivity index (χ3n) is 7.65. The minimum Gasteiger partial charge on any atom is -0.457 e. The normalized spacial score (nSPS) is 10.7. The SMILES string of the molecule is C=C(C)C(=O)Oc1c(C)cc(Oc2c(C)cc(-c3cc(C)c(Oc4cc(C)c(OC(=O)C(=C)C)c(C)c4)c(C)c3)cc2C)cc1C. The third kappa shape index (κ3) is 7.40. The third-order valence-corrected chi connectivity index (χ3v) is 7.65. The molecule has 6 nitrogen and oxygen atoms in total. The quantitative estimate of drug-likeness (QED) is 0.106. The number of rotatable bonds is 9. The second-order valence-corrected chi connectivity index (χ2v) is 12.2. The molecule has 0 aliphatic rings. The molecule has 0 bridgehead atoms. The summed E-state index contributed by atoms with van der Waals surface area (Å²) in [6.45, 7) is 26.3. The zero-order valence-corrected chi connectivity index (χ0v) is 28.5. The zero-order chi connectivity index (χ0) is 34.0. The van der Waals surface area contributed by atoms with Gasteiger partial charge in [-0.05, 0) is 173 Å². The van der Waals surface area contributed by atoms with E-state index in [9.17, 15) is 9.59 Å². The minimum absolute atomic E-state index is 0.346. The van der Waals surface area contributed by atoms with E-state index in [1.165, 1.54) is 0 Å². The van der Waals surface area contributed by atoms with Crippen LogP contribution in [0.1, 0.15) is 58.4 Å². The van der Waals surface area contributed by atoms with Crippen LogP contribution < -0.4 is 18.9 Å². The fraction of sp³-hybridized carbons (Fsp3) is 0.250. The number of carbonyl (C=O) groups is 2. The fourth-order valence-corrected chi connectivity index (χ4v) is 5.41. The molecule has 4 rings (SSSR count). The molecular formula is C40H42O6. The number of benzene rings is 4. The lowest BCUT2D eigenvalue weighted by Gasteiger charge is -2.18. The first kappa shape index (κ1) is 33.8. The van der Waals surface area contributed by atoms with E-state index in [0.29, 0.717) is 34.1 Å². The lowest BCUT2D eigenvalue weighted by Crippen LogP contribution is -2.10. The molecule has 0 atom stereocenters. The Balaban J connectivity index is 1.58. The molecule has 0 unspecified atom stereocenters. The van der Waals surface area contributed by atoms with Gasteiger partial charge in [-0.1, -0.05) is 13.2 Å². The average molecular weight is 619 g/mol. The van der Waals surface area contributed by atoms with E-state index in [2.05, 4.69) is 37.4 Å². The van der Waals surface area contributed by atoms with Crippen LogP contribution in [0.15, 0.2) is 72.8 Å². The van der Waals surface area contributed by atoms with Gasteiger partial charge < -0.3 is 18.9 Å². The van der Waals surface area contributed by atoms with Crippen molar-refractivity contribution in [2.45, 2.75) is 69.2 Å². The van der Waals surface area contributed by atoms with Crippen LogP contribution in [-0.2, 0) is 9.59 Å². The molecular weight excluding hydrogens is 576 g/mol. The Morgan fingerprint density at radius 3 is 0.913 bits per heavy atom. The maximum atomic E-state index is 12.1. The van der Waals surface area contributed by atoms with Gasteiger partial charge in [0.05, 0.1) is 0 Å². The van der Waals surface area contributed by atoms with E-state index in [0.717, 1.165) is 67.1 Å². The van der Waals surface area contributed by atoms with Gasteiger partial charge in [0.1, 0.15) is 34.5 Å². The number of hydrogen-bond acceptors (Lipinski definition) is 6. The number of aryl methyl sites for hydroxylation is 8. The number of carbonyl (C=O) groups excluding carboxylic acids is 2. The maximum absolute atomic E-state index is 12.1. The summed E-state index contributed by atoms with van der Waals surface area (Å²) in [6.07, 6.45) is 0. The summed E-state index contributed by atoms with van der Waals surface area (Å²) in [5.41, 5.74) is 10.0. The Kier molecular flexibility index (Phi) is 9.91. The van der Waals surface area contributed by atoms with Crippen molar-refractivity contribution >= 4 is 11.9 Å². The minimum atomic E-state index is -0.449. The van der Waals surface area contributed by atoms with Crippen LogP contribution in [0.25, 0.3) is 11.1 Å². The Bertz CT molecular complexity index is 1680. The van der Waals surface area contributed by atoms with Gasteiger partial charge in [-0.15, -0.1) is 0 Å². The van der Waals surface area contributed by atoms with Crippen LogP contribution in [0.2, 0.25) is 0 Å². The van der Waals surface area contributed by atoms with Gasteiger partial charge >= 0.3 is 11.9 Å². The van der Waals surface area contributed by atoms with E-state index >= 15 is 0 Å². The van der Waals surface area contributed by atoms with Crippen molar-refractivity contribution in [1.29, 1.82) is 0 Å². The molecule has 0 saturated carbocycles. The van der Waals surface area contributed by atoms with Crippen molar-refractivity contribution in [2.75, 3.05) is 0 Å². The first-order valence-electron chi connectivity index (χ1n) is 15.1. The van der Waals surface area contributed by atoms with E-state index in [-0.39, 0.29) is 0 Å². The highest BCUT2D eigenvalue weighted by Crippen LogP contribution is 2.39. The fourth-order valence-electron chi connectivity index (χ4n) is 5.41. The van der Waals surface area contributed by atoms with E-state index in [1.807, 2.05) is 79.7 Å². The maximum Gasteiger partial charge on any atom is 0.338 e. The Hall–Kier alpha value is -5.10. The molecule has 0 aliphatic carbocycles. The van der Waals surface area contributed by atoms with Gasteiger partial charge in [0.15, 0.2) is 0 Å². The van der Waals surface area contributed by atoms with Crippen molar-refractivity contribution < 1.29 is 28.5 Å². The van der Waals surface area contributed by atoms with Gasteiger partial charge in [0, 0.05) is 11.1 Å². The highest BCUT2D eigenvalue weighted by molar-refractivity contribution is 5.89. The average Bonchev–Trinajstić information content (AvgIpc) is 2.96. The van der Waals surface area contributed by atoms with Crippen LogP contribution >= 0.6 is 0 Å². The predicted octanol–water partition coefficient (Wildman–Crippen LogP) is 10.4. The molecule has 0 aromatic heterocycles. The summed E-state index contributed by atoms with van der Waals surface area (Å²) in [5.74, 6) is 3.05. The first-order chi connectivity index (χ1) is 21.5. The molecule has 0 radical (unpaired) electrons. The van der Waals surface area contributed by atoms with Crippen molar-refractivity contribution in [3.05, 3.63) is 117 Å². The molecule has 6 heteroatoms. The molecule has 0 heterocycles. The molecule has 0 fully saturated rings. The van der Waals surface area contributed by atoms with E-state index in [4.69, 9.17) is 18.9 Å². The van der Waals surface area contributed by atoms with Crippen LogP contribution in [0.3, 0.4) is 0 Å². The summed E-state index contributed by atoms with van der Waals surface area (Å²) in [4.78, 5) is 24.2. The predicted molar refractivity (Wildman–Crippen MR) is 184 cm³/mol. The molecule has 238 valence electrons. The van der Waals surface area contributed by atoms with E-state index in [1.54, 1.807) is 13.8 Å². The van der Waals surface area contributed by atoms with Gasteiger partial charge in [-0.2, -0.15) is 0 Å². The monoisotopic (exact) mass is 618 g/mol. The Morgan fingerprint density at radius 1 is 0.435 bits per heavy atom. The topological polar surface area (TPSA) is 71.1 Å². The molecule has 0 aliphatic heterocycles. The lowest BCUT2D eigenvalue weighted by atomic mass is 9.96. The van der Waals surface area contributed by atoms with Gasteiger partial charge in [0.2, 0.25) is 0 Å². The highest BCUT2D eigenvalue weighted by Gasteiger charge is 2.17. The number of ether oxygens (including phenoxy) is 4. The van der Waals surface area contributed by atoms with Crippen molar-refractivity contribution in [1.82, 2.24) is 0 Å². The Labute approximate surface area is 272 Å². The summed E-state index contributed by atoms with van der Waals surface area (Å²) in [6, 6.07) is 16.0. The zero-order valence-electron chi connectivity index (χ0n) is 28.5. The second kappa shape index (κ2) is 13.5. The largest absolute Gasteiger partial charge is 0.457 e. The van der Waals surface area contributed by atoms with Gasteiger partial charge in [-0.3, -0.25) is 0 Å². The van der Waals surface area contributed by atoms with Gasteiger partial charge in [-0.25, -0.2) is 9.59 Å². The molecule has 0 spiro atoms.